The van der Waals surface area contributed by atoms with Gasteiger partial charge in [0, 0.05) is 18.4 Å². The van der Waals surface area contributed by atoms with Gasteiger partial charge in [0.2, 0.25) is 5.91 Å². The van der Waals surface area contributed by atoms with Crippen LogP contribution in [0.3, 0.4) is 0 Å². The highest BCUT2D eigenvalue weighted by Crippen LogP contribution is 2.26. The molecule has 0 saturated carbocycles. The maximum Gasteiger partial charge on any atom is 0.270 e. The maximum atomic E-state index is 11.7. The van der Waals surface area contributed by atoms with Gasteiger partial charge in [-0.05, 0) is 6.07 Å². The van der Waals surface area contributed by atoms with Gasteiger partial charge in [-0.25, -0.2) is 8.42 Å². The summed E-state index contributed by atoms with van der Waals surface area (Å²) in [6, 6.07) is 3.33. The van der Waals surface area contributed by atoms with Gasteiger partial charge in [-0.15, -0.1) is 6.42 Å². The summed E-state index contributed by atoms with van der Waals surface area (Å²) in [5, 5.41) is 15.7. The molecule has 8 nitrogen and oxygen atoms in total. The monoisotopic (exact) mass is 311 g/mol. The van der Waals surface area contributed by atoms with Crippen LogP contribution in [0.2, 0.25) is 0 Å². The lowest BCUT2D eigenvalue weighted by Gasteiger charge is -2.10. The topological polar surface area (TPSA) is 118 Å². The van der Waals surface area contributed by atoms with E-state index in [0.717, 1.165) is 18.4 Å². The van der Waals surface area contributed by atoms with E-state index in [-0.39, 0.29) is 29.4 Å². The van der Waals surface area contributed by atoms with Crippen molar-refractivity contribution in [3.63, 3.8) is 0 Å². The molecule has 0 saturated heterocycles. The quantitative estimate of drug-likeness (QED) is 0.439. The number of hydrogen-bond donors (Lipinski definition) is 2. The number of nitrogens with one attached hydrogen (secondary N) is 2. The van der Waals surface area contributed by atoms with Crippen molar-refractivity contribution in [3.05, 3.63) is 28.3 Å². The fourth-order valence-corrected chi connectivity index (χ4v) is 2.34. The summed E-state index contributed by atoms with van der Waals surface area (Å²) in [5.41, 5.74) is -0.239. The molecule has 0 radical (unpaired) electrons. The van der Waals surface area contributed by atoms with Crippen molar-refractivity contribution < 1.29 is 18.1 Å². The molecule has 0 aliphatic rings. The number of carbonyl (C=O) groups excluding carboxylic acids is 1. The summed E-state index contributed by atoms with van der Waals surface area (Å²) in [7, 11) is -3.69. The molecule has 0 fully saturated rings. The van der Waals surface area contributed by atoms with E-state index in [9.17, 15) is 23.3 Å². The Hall–Kier alpha value is -2.60. The molecule has 0 unspecified atom stereocenters. The molecule has 0 aliphatic carbocycles. The number of nitro groups is 1. The molecule has 0 spiro atoms. The fourth-order valence-electron chi connectivity index (χ4n) is 1.47. The number of nitrogens with zero attached hydrogens (tertiary/aromatic N) is 1. The third kappa shape index (κ3) is 4.77. The standard InChI is InChI=1S/C12H13N3O5S/c1-3-6-13-12(16)8-14-10-5-4-9(15(17)18)7-11(10)21(2,19)20/h1,4-5,7,14H,6,8H2,2H3,(H,13,16). The average molecular weight is 311 g/mol. The first-order valence-electron chi connectivity index (χ1n) is 5.68. The molecular formula is C12H13N3O5S. The predicted octanol–water partition coefficient (Wildman–Crippen LogP) is 0.160. The largest absolute Gasteiger partial charge is 0.375 e. The van der Waals surface area contributed by atoms with Gasteiger partial charge < -0.3 is 10.6 Å². The number of anilines is 1. The van der Waals surface area contributed by atoms with Gasteiger partial charge >= 0.3 is 0 Å². The van der Waals surface area contributed by atoms with E-state index in [4.69, 9.17) is 6.42 Å². The van der Waals surface area contributed by atoms with Crippen LogP contribution in [0.25, 0.3) is 0 Å². The zero-order chi connectivity index (χ0) is 16.0. The number of amides is 1. The van der Waals surface area contributed by atoms with E-state index in [0.29, 0.717) is 0 Å². The summed E-state index contributed by atoms with van der Waals surface area (Å²) < 4.78 is 23.3. The van der Waals surface area contributed by atoms with Gasteiger partial charge in [-0.1, -0.05) is 5.92 Å². The Morgan fingerprint density at radius 3 is 2.67 bits per heavy atom. The molecule has 1 aromatic rings. The van der Waals surface area contributed by atoms with Crippen molar-refractivity contribution in [3.8, 4) is 12.3 Å². The van der Waals surface area contributed by atoms with E-state index in [2.05, 4.69) is 16.6 Å². The van der Waals surface area contributed by atoms with Crippen molar-refractivity contribution >= 4 is 27.1 Å². The average Bonchev–Trinajstić information content (AvgIpc) is 2.41. The van der Waals surface area contributed by atoms with Gasteiger partial charge in [-0.3, -0.25) is 14.9 Å². The van der Waals surface area contributed by atoms with Crippen molar-refractivity contribution in [2.24, 2.45) is 0 Å². The second kappa shape index (κ2) is 6.71. The molecule has 1 aromatic carbocycles. The van der Waals surface area contributed by atoms with Crippen molar-refractivity contribution in [2.75, 3.05) is 24.7 Å². The van der Waals surface area contributed by atoms with Crippen LogP contribution in [0.15, 0.2) is 23.1 Å². The minimum Gasteiger partial charge on any atom is -0.375 e. The normalized spacial score (nSPS) is 10.5. The van der Waals surface area contributed by atoms with Crippen LogP contribution < -0.4 is 10.6 Å². The molecule has 0 aliphatic heterocycles. The van der Waals surface area contributed by atoms with E-state index in [1.165, 1.54) is 6.07 Å². The molecule has 2 N–H and O–H groups in total. The molecular weight excluding hydrogens is 298 g/mol. The number of nitro benzene ring substituents is 1. The summed E-state index contributed by atoms with van der Waals surface area (Å²) in [5.74, 6) is 1.80. The Kier molecular flexibility index (Phi) is 5.26. The van der Waals surface area contributed by atoms with Crippen LogP contribution in [-0.2, 0) is 14.6 Å². The van der Waals surface area contributed by atoms with Crippen LogP contribution in [0.4, 0.5) is 11.4 Å². The highest BCUT2D eigenvalue weighted by molar-refractivity contribution is 7.90. The molecule has 0 aromatic heterocycles. The molecule has 1 rings (SSSR count). The minimum absolute atomic E-state index is 0.0553. The summed E-state index contributed by atoms with van der Waals surface area (Å²) in [6.07, 6.45) is 5.91. The number of sulfone groups is 1. The number of terminal acetylenes is 1. The summed E-state index contributed by atoms with van der Waals surface area (Å²) in [4.78, 5) is 21.1. The van der Waals surface area contributed by atoms with E-state index in [1.807, 2.05) is 0 Å². The first-order chi connectivity index (χ1) is 9.75. The number of rotatable bonds is 6. The highest BCUT2D eigenvalue weighted by Gasteiger charge is 2.18. The second-order valence-electron chi connectivity index (χ2n) is 4.04. The second-order valence-corrected chi connectivity index (χ2v) is 6.03. The molecule has 0 heterocycles. The lowest BCUT2D eigenvalue weighted by molar-refractivity contribution is -0.385. The van der Waals surface area contributed by atoms with Crippen molar-refractivity contribution in [1.29, 1.82) is 0 Å². The fraction of sp³-hybridized carbons (Fsp3) is 0.250. The predicted molar refractivity (Wildman–Crippen MR) is 76.5 cm³/mol. The third-order valence-corrected chi connectivity index (χ3v) is 3.54. The molecule has 9 heteroatoms. The summed E-state index contributed by atoms with van der Waals surface area (Å²) >= 11 is 0. The smallest absolute Gasteiger partial charge is 0.270 e. The van der Waals surface area contributed by atoms with Gasteiger partial charge in [0.15, 0.2) is 9.84 Å². The van der Waals surface area contributed by atoms with Crippen LogP contribution in [0.1, 0.15) is 0 Å². The Morgan fingerprint density at radius 1 is 1.48 bits per heavy atom. The van der Waals surface area contributed by atoms with E-state index >= 15 is 0 Å². The third-order valence-electron chi connectivity index (χ3n) is 2.40. The first-order valence-corrected chi connectivity index (χ1v) is 7.57. The number of non-ortho nitro benzene ring substituents is 1. The van der Waals surface area contributed by atoms with Gasteiger partial charge in [-0.2, -0.15) is 0 Å². The van der Waals surface area contributed by atoms with E-state index < -0.39 is 20.7 Å². The lowest BCUT2D eigenvalue weighted by Crippen LogP contribution is -2.30. The first kappa shape index (κ1) is 16.5. The van der Waals surface area contributed by atoms with Gasteiger partial charge in [0.25, 0.3) is 5.69 Å². The minimum atomic E-state index is -3.69. The number of carbonyl (C=O) groups is 1. The Balaban J connectivity index is 3.00. The summed E-state index contributed by atoms with van der Waals surface area (Å²) in [6.45, 7) is -0.151. The van der Waals surface area contributed by atoms with Crippen molar-refractivity contribution in [1.82, 2.24) is 5.32 Å². The number of benzene rings is 1. The van der Waals surface area contributed by atoms with Gasteiger partial charge in [0.05, 0.1) is 28.6 Å². The van der Waals surface area contributed by atoms with Crippen LogP contribution in [0, 0.1) is 22.5 Å². The van der Waals surface area contributed by atoms with Crippen LogP contribution >= 0.6 is 0 Å². The molecule has 0 bridgehead atoms. The molecule has 1 amide bonds. The molecule has 112 valence electrons. The zero-order valence-electron chi connectivity index (χ0n) is 11.1. The molecule has 21 heavy (non-hydrogen) atoms. The zero-order valence-corrected chi connectivity index (χ0v) is 11.9. The SMILES string of the molecule is C#CCNC(=O)CNc1ccc([N+](=O)[O-])cc1S(C)(=O)=O. The Bertz CT molecular complexity index is 706. The van der Waals surface area contributed by atoms with Crippen LogP contribution in [-0.4, -0.2) is 38.6 Å². The highest BCUT2D eigenvalue weighted by atomic mass is 32.2. The molecule has 0 atom stereocenters. The van der Waals surface area contributed by atoms with Crippen molar-refractivity contribution in [2.45, 2.75) is 4.90 Å². The Morgan fingerprint density at radius 2 is 2.14 bits per heavy atom. The van der Waals surface area contributed by atoms with Crippen LogP contribution in [0.5, 0.6) is 0 Å². The number of hydrogen-bond acceptors (Lipinski definition) is 6. The lowest BCUT2D eigenvalue weighted by atomic mass is 10.3. The Labute approximate surface area is 121 Å². The van der Waals surface area contributed by atoms with E-state index in [1.54, 1.807) is 0 Å². The van der Waals surface area contributed by atoms with Gasteiger partial charge in [0.1, 0.15) is 0 Å². The maximum absolute atomic E-state index is 11.7.